The molecule has 0 atom stereocenters. The summed E-state index contributed by atoms with van der Waals surface area (Å²) in [6, 6.07) is 15.5. The van der Waals surface area contributed by atoms with Gasteiger partial charge in [-0.15, -0.1) is 0 Å². The van der Waals surface area contributed by atoms with E-state index in [0.29, 0.717) is 13.0 Å². The van der Waals surface area contributed by atoms with Gasteiger partial charge in [0.2, 0.25) is 5.91 Å². The van der Waals surface area contributed by atoms with E-state index in [2.05, 4.69) is 5.32 Å². The number of benzene rings is 2. The van der Waals surface area contributed by atoms with Gasteiger partial charge in [-0.3, -0.25) is 4.79 Å². The van der Waals surface area contributed by atoms with Gasteiger partial charge < -0.3 is 5.32 Å². The number of carbonyl (C=O) groups excluding carboxylic acids is 1. The standard InChI is InChI=1S/C18H19Cl2NOS/c19-16-6-1-14(2-7-16)5-10-18(22)21-11-12-23-13-15-3-8-17(20)9-4-15/h1-4,6-9H,5,10-13H2,(H,21,22). The Morgan fingerprint density at radius 1 is 0.913 bits per heavy atom. The van der Waals surface area contributed by atoms with Crippen molar-refractivity contribution in [3.05, 3.63) is 69.7 Å². The highest BCUT2D eigenvalue weighted by atomic mass is 35.5. The number of halogens is 2. The molecule has 0 unspecified atom stereocenters. The van der Waals surface area contributed by atoms with E-state index in [1.807, 2.05) is 48.5 Å². The van der Waals surface area contributed by atoms with E-state index in [1.54, 1.807) is 11.8 Å². The lowest BCUT2D eigenvalue weighted by atomic mass is 10.1. The Hall–Kier alpha value is -1.16. The van der Waals surface area contributed by atoms with Gasteiger partial charge in [0, 0.05) is 34.5 Å². The van der Waals surface area contributed by atoms with Crippen molar-refractivity contribution in [2.45, 2.75) is 18.6 Å². The molecule has 0 aliphatic heterocycles. The van der Waals surface area contributed by atoms with Crippen LogP contribution in [0.4, 0.5) is 0 Å². The van der Waals surface area contributed by atoms with Crippen LogP contribution in [0.2, 0.25) is 10.0 Å². The van der Waals surface area contributed by atoms with Crippen molar-refractivity contribution in [2.75, 3.05) is 12.3 Å². The highest BCUT2D eigenvalue weighted by molar-refractivity contribution is 7.98. The Morgan fingerprint density at radius 3 is 2.09 bits per heavy atom. The topological polar surface area (TPSA) is 29.1 Å². The number of nitrogens with one attached hydrogen (secondary N) is 1. The fourth-order valence-electron chi connectivity index (χ4n) is 2.03. The Balaban J connectivity index is 1.56. The van der Waals surface area contributed by atoms with Gasteiger partial charge in [0.15, 0.2) is 0 Å². The highest BCUT2D eigenvalue weighted by Crippen LogP contribution is 2.15. The number of thioether (sulfide) groups is 1. The van der Waals surface area contributed by atoms with Crippen molar-refractivity contribution in [2.24, 2.45) is 0 Å². The summed E-state index contributed by atoms with van der Waals surface area (Å²) < 4.78 is 0. The van der Waals surface area contributed by atoms with Crippen molar-refractivity contribution in [3.8, 4) is 0 Å². The summed E-state index contributed by atoms with van der Waals surface area (Å²) >= 11 is 13.5. The first-order chi connectivity index (χ1) is 11.1. The second-order valence-corrected chi connectivity index (χ2v) is 7.13. The van der Waals surface area contributed by atoms with Crippen molar-refractivity contribution in [1.29, 1.82) is 0 Å². The van der Waals surface area contributed by atoms with Gasteiger partial charge >= 0.3 is 0 Å². The minimum atomic E-state index is 0.0899. The lowest BCUT2D eigenvalue weighted by Gasteiger charge is -2.06. The molecule has 2 rings (SSSR count). The maximum atomic E-state index is 11.8. The molecule has 0 aliphatic rings. The van der Waals surface area contributed by atoms with Gasteiger partial charge in [-0.05, 0) is 41.8 Å². The molecule has 0 aliphatic carbocycles. The van der Waals surface area contributed by atoms with E-state index in [4.69, 9.17) is 23.2 Å². The van der Waals surface area contributed by atoms with Crippen molar-refractivity contribution in [3.63, 3.8) is 0 Å². The van der Waals surface area contributed by atoms with Crippen LogP contribution in [0.15, 0.2) is 48.5 Å². The number of rotatable bonds is 8. The van der Waals surface area contributed by atoms with Crippen molar-refractivity contribution in [1.82, 2.24) is 5.32 Å². The van der Waals surface area contributed by atoms with Crippen LogP contribution in [0.3, 0.4) is 0 Å². The van der Waals surface area contributed by atoms with Crippen LogP contribution >= 0.6 is 35.0 Å². The molecule has 0 fully saturated rings. The molecular weight excluding hydrogens is 349 g/mol. The number of carbonyl (C=O) groups is 1. The average molecular weight is 368 g/mol. The second kappa shape index (κ2) is 9.86. The molecule has 0 spiro atoms. The van der Waals surface area contributed by atoms with Gasteiger partial charge in [-0.25, -0.2) is 0 Å². The SMILES string of the molecule is O=C(CCc1ccc(Cl)cc1)NCCSCc1ccc(Cl)cc1. The smallest absolute Gasteiger partial charge is 0.220 e. The van der Waals surface area contributed by atoms with E-state index in [9.17, 15) is 4.79 Å². The molecule has 0 heterocycles. The molecule has 23 heavy (non-hydrogen) atoms. The fraction of sp³-hybridized carbons (Fsp3) is 0.278. The molecule has 2 aromatic rings. The number of hydrogen-bond acceptors (Lipinski definition) is 2. The maximum Gasteiger partial charge on any atom is 0.220 e. The monoisotopic (exact) mass is 367 g/mol. The zero-order valence-electron chi connectivity index (χ0n) is 12.7. The third-order valence-corrected chi connectivity index (χ3v) is 4.84. The Labute approximate surface area is 151 Å². The van der Waals surface area contributed by atoms with Gasteiger partial charge in [0.25, 0.3) is 0 Å². The van der Waals surface area contributed by atoms with Crippen molar-refractivity contribution < 1.29 is 4.79 Å². The number of amides is 1. The van der Waals surface area contributed by atoms with E-state index in [1.165, 1.54) is 5.56 Å². The molecule has 0 saturated heterocycles. The summed E-state index contributed by atoms with van der Waals surface area (Å²) in [5.41, 5.74) is 2.37. The summed E-state index contributed by atoms with van der Waals surface area (Å²) in [5.74, 6) is 1.92. The average Bonchev–Trinajstić information content (AvgIpc) is 2.56. The van der Waals surface area contributed by atoms with E-state index in [-0.39, 0.29) is 5.91 Å². The summed E-state index contributed by atoms with van der Waals surface area (Å²) in [7, 11) is 0. The van der Waals surface area contributed by atoms with Crippen LogP contribution in [0.25, 0.3) is 0 Å². The molecule has 2 aromatic carbocycles. The van der Waals surface area contributed by atoms with Crippen LogP contribution < -0.4 is 5.32 Å². The number of hydrogen-bond donors (Lipinski definition) is 1. The molecule has 0 radical (unpaired) electrons. The Kier molecular flexibility index (Phi) is 7.80. The largest absolute Gasteiger partial charge is 0.355 e. The summed E-state index contributed by atoms with van der Waals surface area (Å²) in [6.07, 6.45) is 1.24. The highest BCUT2D eigenvalue weighted by Gasteiger charge is 2.02. The first-order valence-electron chi connectivity index (χ1n) is 7.47. The second-order valence-electron chi connectivity index (χ2n) is 5.16. The van der Waals surface area contributed by atoms with E-state index in [0.717, 1.165) is 33.5 Å². The van der Waals surface area contributed by atoms with Crippen LogP contribution in [0.1, 0.15) is 17.5 Å². The maximum absolute atomic E-state index is 11.8. The molecule has 1 N–H and O–H groups in total. The lowest BCUT2D eigenvalue weighted by Crippen LogP contribution is -2.25. The lowest BCUT2D eigenvalue weighted by molar-refractivity contribution is -0.120. The molecular formula is C18H19Cl2NOS. The number of aryl methyl sites for hydroxylation is 1. The molecule has 5 heteroatoms. The first-order valence-corrected chi connectivity index (χ1v) is 9.38. The molecule has 122 valence electrons. The third kappa shape index (κ3) is 7.30. The van der Waals surface area contributed by atoms with E-state index >= 15 is 0 Å². The zero-order chi connectivity index (χ0) is 16.5. The minimum Gasteiger partial charge on any atom is -0.355 e. The third-order valence-electron chi connectivity index (χ3n) is 3.30. The molecule has 0 saturated carbocycles. The summed E-state index contributed by atoms with van der Waals surface area (Å²) in [4.78, 5) is 11.8. The van der Waals surface area contributed by atoms with Crippen LogP contribution in [0, 0.1) is 0 Å². The van der Waals surface area contributed by atoms with Gasteiger partial charge in [-0.2, -0.15) is 11.8 Å². The Bertz CT molecular complexity index is 614. The molecule has 0 bridgehead atoms. The zero-order valence-corrected chi connectivity index (χ0v) is 15.1. The van der Waals surface area contributed by atoms with E-state index < -0.39 is 0 Å². The normalized spacial score (nSPS) is 10.5. The van der Waals surface area contributed by atoms with Gasteiger partial charge in [-0.1, -0.05) is 47.5 Å². The Morgan fingerprint density at radius 2 is 1.48 bits per heavy atom. The molecule has 1 amide bonds. The molecule has 0 aromatic heterocycles. The van der Waals surface area contributed by atoms with Crippen LogP contribution in [-0.2, 0) is 17.0 Å². The summed E-state index contributed by atoms with van der Waals surface area (Å²) in [6.45, 7) is 0.692. The molecule has 2 nitrogen and oxygen atoms in total. The quantitative estimate of drug-likeness (QED) is 0.666. The minimum absolute atomic E-state index is 0.0899. The summed E-state index contributed by atoms with van der Waals surface area (Å²) in [5, 5.41) is 4.43. The van der Waals surface area contributed by atoms with Gasteiger partial charge in [0.05, 0.1) is 0 Å². The predicted molar refractivity (Wildman–Crippen MR) is 100 cm³/mol. The fourth-order valence-corrected chi connectivity index (χ4v) is 3.10. The van der Waals surface area contributed by atoms with Crippen LogP contribution in [-0.4, -0.2) is 18.2 Å². The van der Waals surface area contributed by atoms with Crippen molar-refractivity contribution >= 4 is 40.9 Å². The van der Waals surface area contributed by atoms with Gasteiger partial charge in [0.1, 0.15) is 0 Å². The predicted octanol–water partition coefficient (Wildman–Crippen LogP) is 4.98. The first kappa shape index (κ1) is 18.2. The van der Waals surface area contributed by atoms with Crippen LogP contribution in [0.5, 0.6) is 0 Å².